The highest BCUT2D eigenvalue weighted by molar-refractivity contribution is 9.10. The molecule has 5 heteroatoms. The van der Waals surface area contributed by atoms with E-state index in [-0.39, 0.29) is 21.6 Å². The van der Waals surface area contributed by atoms with Gasteiger partial charge in [-0.25, -0.2) is 13.8 Å². The molecule has 1 heterocycles. The first-order valence-corrected chi connectivity index (χ1v) is 3.96. The molecule has 12 heavy (non-hydrogen) atoms. The van der Waals surface area contributed by atoms with E-state index in [0.717, 1.165) is 0 Å². The number of rotatable bonds is 1. The fraction of sp³-hybridized carbons (Fsp3) is 0.286. The molecule has 0 aliphatic carbocycles. The second-order valence-electron chi connectivity index (χ2n) is 2.26. The van der Waals surface area contributed by atoms with Crippen LogP contribution >= 0.6 is 15.9 Å². The molecule has 2 nitrogen and oxygen atoms in total. The summed E-state index contributed by atoms with van der Waals surface area (Å²) in [5.41, 5.74) is -0.140. The highest BCUT2D eigenvalue weighted by Gasteiger charge is 2.15. The van der Waals surface area contributed by atoms with Crippen LogP contribution in [0.1, 0.15) is 17.8 Å². The first-order chi connectivity index (χ1) is 5.52. The van der Waals surface area contributed by atoms with Crippen molar-refractivity contribution in [3.63, 3.8) is 0 Å². The first-order valence-electron chi connectivity index (χ1n) is 3.16. The van der Waals surface area contributed by atoms with Gasteiger partial charge in [0.15, 0.2) is 0 Å². The van der Waals surface area contributed by atoms with Crippen molar-refractivity contribution in [3.8, 4) is 5.75 Å². The van der Waals surface area contributed by atoms with E-state index in [1.807, 2.05) is 0 Å². The van der Waals surface area contributed by atoms with E-state index in [0.29, 0.717) is 0 Å². The predicted octanol–water partition coefficient (Wildman–Crippen LogP) is 2.80. The number of hydrogen-bond acceptors (Lipinski definition) is 2. The molecular weight excluding hydrogens is 232 g/mol. The number of alkyl halides is 2. The average Bonchev–Trinajstić information content (AvgIpc) is 1.96. The minimum atomic E-state index is -2.63. The zero-order chi connectivity index (χ0) is 9.30. The molecule has 0 bridgehead atoms. The lowest BCUT2D eigenvalue weighted by molar-refractivity contribution is 0.145. The normalized spacial score (nSPS) is 10.8. The maximum absolute atomic E-state index is 12.2. The van der Waals surface area contributed by atoms with E-state index in [2.05, 4.69) is 20.9 Å². The molecule has 1 N–H and O–H groups in total. The molecule has 0 fully saturated rings. The minimum absolute atomic E-state index is 0.0914. The molecular formula is C7H6BrF2NO. The standard InChI is InChI=1S/C7H6BrF2NO/c1-3-5(12)2-4(8)6(11-3)7(9)10/h2,7,12H,1H3. The molecule has 0 atom stereocenters. The Hall–Kier alpha value is -0.710. The summed E-state index contributed by atoms with van der Waals surface area (Å²) in [4.78, 5) is 3.52. The van der Waals surface area contributed by atoms with Gasteiger partial charge in [-0.1, -0.05) is 0 Å². The van der Waals surface area contributed by atoms with E-state index in [4.69, 9.17) is 5.11 Å². The van der Waals surface area contributed by atoms with Gasteiger partial charge in [0.05, 0.1) is 5.69 Å². The maximum atomic E-state index is 12.2. The number of nitrogens with zero attached hydrogens (tertiary/aromatic N) is 1. The number of halogens is 3. The van der Waals surface area contributed by atoms with Gasteiger partial charge in [-0.2, -0.15) is 0 Å². The SMILES string of the molecule is Cc1nc(C(F)F)c(Br)cc1O. The van der Waals surface area contributed by atoms with Gasteiger partial charge in [-0.3, -0.25) is 0 Å². The molecule has 0 aliphatic heterocycles. The van der Waals surface area contributed by atoms with Gasteiger partial charge in [-0.05, 0) is 28.9 Å². The van der Waals surface area contributed by atoms with Crippen LogP contribution in [-0.2, 0) is 0 Å². The van der Waals surface area contributed by atoms with Crippen LogP contribution < -0.4 is 0 Å². The van der Waals surface area contributed by atoms with Crippen LogP contribution in [0.2, 0.25) is 0 Å². The third-order valence-electron chi connectivity index (χ3n) is 1.37. The van der Waals surface area contributed by atoms with Gasteiger partial charge in [-0.15, -0.1) is 0 Å². The Bertz CT molecular complexity index is 304. The van der Waals surface area contributed by atoms with Crippen molar-refractivity contribution in [3.05, 3.63) is 21.9 Å². The summed E-state index contributed by atoms with van der Waals surface area (Å²) in [6, 6.07) is 1.21. The van der Waals surface area contributed by atoms with Crippen LogP contribution in [0.25, 0.3) is 0 Å². The predicted molar refractivity (Wildman–Crippen MR) is 43.3 cm³/mol. The first kappa shape index (κ1) is 9.38. The van der Waals surface area contributed by atoms with Crippen molar-refractivity contribution in [2.75, 3.05) is 0 Å². The molecule has 0 unspecified atom stereocenters. The van der Waals surface area contributed by atoms with Gasteiger partial charge in [0.1, 0.15) is 11.4 Å². The van der Waals surface area contributed by atoms with Gasteiger partial charge in [0.2, 0.25) is 0 Å². The summed E-state index contributed by atoms with van der Waals surface area (Å²) >= 11 is 2.88. The highest BCUT2D eigenvalue weighted by atomic mass is 79.9. The monoisotopic (exact) mass is 237 g/mol. The van der Waals surface area contributed by atoms with Crippen molar-refractivity contribution in [2.24, 2.45) is 0 Å². The van der Waals surface area contributed by atoms with E-state index in [1.54, 1.807) is 0 Å². The van der Waals surface area contributed by atoms with E-state index in [9.17, 15) is 8.78 Å². The summed E-state index contributed by atoms with van der Waals surface area (Å²) in [5, 5.41) is 9.07. The molecule has 0 saturated carbocycles. The summed E-state index contributed by atoms with van der Waals surface area (Å²) in [5.74, 6) is -0.0914. The van der Waals surface area contributed by atoms with E-state index >= 15 is 0 Å². The lowest BCUT2D eigenvalue weighted by Gasteiger charge is -2.04. The van der Waals surface area contributed by atoms with E-state index < -0.39 is 6.43 Å². The number of pyridine rings is 1. The fourth-order valence-electron chi connectivity index (χ4n) is 0.743. The molecule has 1 rings (SSSR count). The van der Waals surface area contributed by atoms with Gasteiger partial charge < -0.3 is 5.11 Å². The van der Waals surface area contributed by atoms with Crippen molar-refractivity contribution < 1.29 is 13.9 Å². The minimum Gasteiger partial charge on any atom is -0.506 e. The number of aromatic hydroxyl groups is 1. The lowest BCUT2D eigenvalue weighted by Crippen LogP contribution is -1.94. The summed E-state index contributed by atoms with van der Waals surface area (Å²) in [7, 11) is 0. The van der Waals surface area contributed by atoms with E-state index in [1.165, 1.54) is 13.0 Å². The summed E-state index contributed by atoms with van der Waals surface area (Å²) in [6.45, 7) is 1.47. The third-order valence-corrected chi connectivity index (χ3v) is 2.01. The van der Waals surface area contributed by atoms with Crippen molar-refractivity contribution in [1.29, 1.82) is 0 Å². The number of hydrogen-bond donors (Lipinski definition) is 1. The Morgan fingerprint density at radius 2 is 2.17 bits per heavy atom. The fourth-order valence-corrected chi connectivity index (χ4v) is 1.22. The van der Waals surface area contributed by atoms with Crippen molar-refractivity contribution >= 4 is 15.9 Å². The maximum Gasteiger partial charge on any atom is 0.281 e. The Morgan fingerprint density at radius 3 is 2.67 bits per heavy atom. The highest BCUT2D eigenvalue weighted by Crippen LogP contribution is 2.29. The van der Waals surface area contributed by atoms with Gasteiger partial charge in [0, 0.05) is 4.47 Å². The van der Waals surface area contributed by atoms with Crippen molar-refractivity contribution in [2.45, 2.75) is 13.3 Å². The largest absolute Gasteiger partial charge is 0.506 e. The van der Waals surface area contributed by atoms with Gasteiger partial charge >= 0.3 is 0 Å². The van der Waals surface area contributed by atoms with Gasteiger partial charge in [0.25, 0.3) is 6.43 Å². The second kappa shape index (κ2) is 3.35. The summed E-state index contributed by atoms with van der Waals surface area (Å²) in [6.07, 6.45) is -2.63. The molecule has 0 spiro atoms. The van der Waals surface area contributed by atoms with Crippen LogP contribution in [0.3, 0.4) is 0 Å². The van der Waals surface area contributed by atoms with Crippen LogP contribution in [0.15, 0.2) is 10.5 Å². The quantitative estimate of drug-likeness (QED) is 0.815. The Morgan fingerprint density at radius 1 is 1.58 bits per heavy atom. The van der Waals surface area contributed by atoms with Crippen LogP contribution in [0, 0.1) is 6.92 Å². The van der Waals surface area contributed by atoms with Crippen LogP contribution in [0.4, 0.5) is 8.78 Å². The number of aromatic nitrogens is 1. The molecule has 66 valence electrons. The zero-order valence-corrected chi connectivity index (χ0v) is 7.77. The Balaban J connectivity index is 3.23. The molecule has 0 radical (unpaired) electrons. The number of aryl methyl sites for hydroxylation is 1. The molecule has 0 saturated heterocycles. The average molecular weight is 238 g/mol. The topological polar surface area (TPSA) is 33.1 Å². The zero-order valence-electron chi connectivity index (χ0n) is 6.18. The van der Waals surface area contributed by atoms with Crippen molar-refractivity contribution in [1.82, 2.24) is 4.98 Å². The van der Waals surface area contributed by atoms with Crippen LogP contribution in [0.5, 0.6) is 5.75 Å². The van der Waals surface area contributed by atoms with Crippen LogP contribution in [-0.4, -0.2) is 10.1 Å². The smallest absolute Gasteiger partial charge is 0.281 e. The molecule has 0 amide bonds. The molecule has 1 aromatic heterocycles. The summed E-state index contributed by atoms with van der Waals surface area (Å²) < 4.78 is 24.5. The Labute approximate surface area is 76.4 Å². The molecule has 0 aromatic carbocycles. The second-order valence-corrected chi connectivity index (χ2v) is 3.12. The lowest BCUT2D eigenvalue weighted by atomic mass is 10.3. The molecule has 0 aliphatic rings. The Kier molecular flexibility index (Phi) is 2.62. The third kappa shape index (κ3) is 1.72. The molecule has 1 aromatic rings.